The van der Waals surface area contributed by atoms with Crippen LogP contribution in [0.15, 0.2) is 24.7 Å². The van der Waals surface area contributed by atoms with Gasteiger partial charge in [-0.05, 0) is 25.5 Å². The molecule has 2 unspecified atom stereocenters. The normalized spacial score (nSPS) is 17.7. The minimum absolute atomic E-state index is 0.0404. The van der Waals surface area contributed by atoms with Crippen LogP contribution in [-0.2, 0) is 14.8 Å². The first-order valence-electron chi connectivity index (χ1n) is 10.9. The molecule has 0 aromatic carbocycles. The average Bonchev–Trinajstić information content (AvgIpc) is 3.52. The standard InChI is InChI=1S/C21H26ClN7O5S/c1-12(16-6-5-15(22)9-23-16)13(2)35(30,31)28-21-27-26-18(14-7-8-34-10-14)29(21)17-19(32-3)24-11-25-20(17)33-4/h5-6,9,11-14H,7-8,10H2,1-4H3,(H,27,28)/t12?,13?,14-/m0/s1. The second-order valence-electron chi connectivity index (χ2n) is 8.06. The van der Waals surface area contributed by atoms with E-state index in [2.05, 4.69) is 29.9 Å². The molecule has 1 N–H and O–H groups in total. The number of ether oxygens (including phenoxy) is 3. The van der Waals surface area contributed by atoms with Crippen LogP contribution in [0.4, 0.5) is 5.95 Å². The van der Waals surface area contributed by atoms with Gasteiger partial charge in [0.1, 0.15) is 12.2 Å². The van der Waals surface area contributed by atoms with Gasteiger partial charge in [0.25, 0.3) is 0 Å². The van der Waals surface area contributed by atoms with Crippen LogP contribution >= 0.6 is 11.6 Å². The van der Waals surface area contributed by atoms with Gasteiger partial charge in [0.05, 0.1) is 31.1 Å². The summed E-state index contributed by atoms with van der Waals surface area (Å²) in [4.78, 5) is 12.6. The number of hydrogen-bond donors (Lipinski definition) is 1. The zero-order valence-electron chi connectivity index (χ0n) is 19.7. The monoisotopic (exact) mass is 523 g/mol. The maximum Gasteiger partial charge on any atom is 0.245 e. The Morgan fingerprint density at radius 1 is 1.14 bits per heavy atom. The van der Waals surface area contributed by atoms with Crippen molar-refractivity contribution in [2.24, 2.45) is 0 Å². The molecule has 14 heteroatoms. The van der Waals surface area contributed by atoms with Gasteiger partial charge in [0.15, 0.2) is 5.69 Å². The van der Waals surface area contributed by atoms with E-state index < -0.39 is 21.2 Å². The SMILES string of the molecule is COc1ncnc(OC)c1-n1c(NS(=O)(=O)C(C)C(C)c2ccc(Cl)cn2)nnc1[C@H]1CCOC1. The Bertz CT molecular complexity index is 1260. The molecule has 35 heavy (non-hydrogen) atoms. The highest BCUT2D eigenvalue weighted by molar-refractivity contribution is 7.93. The van der Waals surface area contributed by atoms with Crippen molar-refractivity contribution < 1.29 is 22.6 Å². The Labute approximate surface area is 208 Å². The Morgan fingerprint density at radius 2 is 1.86 bits per heavy atom. The Balaban J connectivity index is 1.76. The number of nitrogens with zero attached hydrogens (tertiary/aromatic N) is 6. The number of aromatic nitrogens is 6. The van der Waals surface area contributed by atoms with Crippen molar-refractivity contribution in [3.8, 4) is 17.4 Å². The van der Waals surface area contributed by atoms with E-state index in [-0.39, 0.29) is 29.3 Å². The summed E-state index contributed by atoms with van der Waals surface area (Å²) < 4.78 is 47.4. The highest BCUT2D eigenvalue weighted by atomic mass is 35.5. The maximum absolute atomic E-state index is 13.4. The van der Waals surface area contributed by atoms with Crippen molar-refractivity contribution in [1.29, 1.82) is 0 Å². The molecule has 1 aliphatic rings. The van der Waals surface area contributed by atoms with Gasteiger partial charge in [-0.3, -0.25) is 14.3 Å². The lowest BCUT2D eigenvalue weighted by molar-refractivity contribution is 0.193. The van der Waals surface area contributed by atoms with Crippen molar-refractivity contribution in [3.63, 3.8) is 0 Å². The van der Waals surface area contributed by atoms with Crippen LogP contribution in [0.2, 0.25) is 5.02 Å². The second-order valence-corrected chi connectivity index (χ2v) is 10.5. The van der Waals surface area contributed by atoms with E-state index in [1.807, 2.05) is 0 Å². The third-order valence-corrected chi connectivity index (χ3v) is 8.07. The minimum Gasteiger partial charge on any atom is -0.479 e. The van der Waals surface area contributed by atoms with E-state index >= 15 is 0 Å². The van der Waals surface area contributed by atoms with Crippen LogP contribution < -0.4 is 14.2 Å². The zero-order chi connectivity index (χ0) is 25.2. The minimum atomic E-state index is -3.95. The molecule has 1 aliphatic heterocycles. The molecule has 3 atom stereocenters. The summed E-state index contributed by atoms with van der Waals surface area (Å²) in [6.07, 6.45) is 3.47. The van der Waals surface area contributed by atoms with Crippen LogP contribution in [0.1, 0.15) is 43.6 Å². The van der Waals surface area contributed by atoms with E-state index in [0.29, 0.717) is 36.2 Å². The molecule has 4 heterocycles. The topological polar surface area (TPSA) is 143 Å². The fraction of sp³-hybridized carbons (Fsp3) is 0.476. The first-order chi connectivity index (χ1) is 16.8. The van der Waals surface area contributed by atoms with Gasteiger partial charge < -0.3 is 14.2 Å². The largest absolute Gasteiger partial charge is 0.479 e. The number of pyridine rings is 1. The molecule has 3 aromatic rings. The van der Waals surface area contributed by atoms with Crippen molar-refractivity contribution in [3.05, 3.63) is 41.2 Å². The van der Waals surface area contributed by atoms with Crippen LogP contribution in [-0.4, -0.2) is 70.8 Å². The molecule has 3 aromatic heterocycles. The van der Waals surface area contributed by atoms with E-state index in [0.717, 1.165) is 0 Å². The van der Waals surface area contributed by atoms with E-state index in [9.17, 15) is 8.42 Å². The van der Waals surface area contributed by atoms with Crippen molar-refractivity contribution in [2.45, 2.75) is 37.4 Å². The second kappa shape index (κ2) is 10.3. The van der Waals surface area contributed by atoms with Crippen molar-refractivity contribution in [2.75, 3.05) is 32.2 Å². The van der Waals surface area contributed by atoms with Gasteiger partial charge in [-0.1, -0.05) is 18.5 Å². The summed E-state index contributed by atoms with van der Waals surface area (Å²) in [7, 11) is -1.06. The molecule has 0 aliphatic carbocycles. The Kier molecular flexibility index (Phi) is 7.38. The van der Waals surface area contributed by atoms with Gasteiger partial charge in [-0.2, -0.15) is 9.97 Å². The number of sulfonamides is 1. The fourth-order valence-electron chi connectivity index (χ4n) is 3.81. The molecule has 4 rings (SSSR count). The number of rotatable bonds is 9. The lowest BCUT2D eigenvalue weighted by atomic mass is 10.0. The summed E-state index contributed by atoms with van der Waals surface area (Å²) >= 11 is 5.92. The Hall–Kier alpha value is -3.03. The molecule has 0 spiro atoms. The molecular formula is C21H26ClN7O5S. The highest BCUT2D eigenvalue weighted by Crippen LogP contribution is 2.36. The quantitative estimate of drug-likeness (QED) is 0.444. The van der Waals surface area contributed by atoms with Crippen LogP contribution in [0, 0.1) is 0 Å². The number of methoxy groups -OCH3 is 2. The first-order valence-corrected chi connectivity index (χ1v) is 12.8. The molecule has 188 valence electrons. The van der Waals surface area contributed by atoms with E-state index in [1.54, 1.807) is 26.0 Å². The molecule has 1 fully saturated rings. The summed E-state index contributed by atoms with van der Waals surface area (Å²) in [5.41, 5.74) is 0.875. The van der Waals surface area contributed by atoms with E-state index in [4.69, 9.17) is 25.8 Å². The van der Waals surface area contributed by atoms with Gasteiger partial charge in [0, 0.05) is 30.3 Å². The predicted molar refractivity (Wildman–Crippen MR) is 128 cm³/mol. The molecule has 0 radical (unpaired) electrons. The maximum atomic E-state index is 13.4. The first kappa shape index (κ1) is 25.1. The lowest BCUT2D eigenvalue weighted by Crippen LogP contribution is -2.31. The van der Waals surface area contributed by atoms with Gasteiger partial charge in [-0.25, -0.2) is 8.42 Å². The average molecular weight is 524 g/mol. The van der Waals surface area contributed by atoms with Gasteiger partial charge in [-0.15, -0.1) is 10.2 Å². The number of anilines is 1. The van der Waals surface area contributed by atoms with Gasteiger partial charge in [0.2, 0.25) is 27.7 Å². The molecule has 1 saturated heterocycles. The van der Waals surface area contributed by atoms with Crippen molar-refractivity contribution >= 4 is 27.6 Å². The predicted octanol–water partition coefficient (Wildman–Crippen LogP) is 2.56. The molecule has 12 nitrogen and oxygen atoms in total. The number of halogens is 1. The number of hydrogen-bond acceptors (Lipinski definition) is 10. The highest BCUT2D eigenvalue weighted by Gasteiger charge is 2.34. The van der Waals surface area contributed by atoms with Crippen LogP contribution in [0.3, 0.4) is 0 Å². The zero-order valence-corrected chi connectivity index (χ0v) is 21.2. The van der Waals surface area contributed by atoms with Crippen LogP contribution in [0.5, 0.6) is 11.8 Å². The van der Waals surface area contributed by atoms with Crippen LogP contribution in [0.25, 0.3) is 5.69 Å². The summed E-state index contributed by atoms with van der Waals surface area (Å²) in [6, 6.07) is 3.38. The van der Waals surface area contributed by atoms with Gasteiger partial charge >= 0.3 is 0 Å². The summed E-state index contributed by atoms with van der Waals surface area (Å²) in [6.45, 7) is 4.35. The lowest BCUT2D eigenvalue weighted by Gasteiger charge is -2.22. The fourth-order valence-corrected chi connectivity index (χ4v) is 5.17. The number of nitrogens with one attached hydrogen (secondary N) is 1. The van der Waals surface area contributed by atoms with Crippen molar-refractivity contribution in [1.82, 2.24) is 29.7 Å². The third-order valence-electron chi connectivity index (χ3n) is 5.99. The molecule has 0 amide bonds. The molecule has 0 saturated carbocycles. The molecular weight excluding hydrogens is 498 g/mol. The molecule has 0 bridgehead atoms. The Morgan fingerprint density at radius 3 is 2.43 bits per heavy atom. The summed E-state index contributed by atoms with van der Waals surface area (Å²) in [5.74, 6) is 0.221. The smallest absolute Gasteiger partial charge is 0.245 e. The third kappa shape index (κ3) is 5.02. The van der Waals surface area contributed by atoms with E-state index in [1.165, 1.54) is 31.3 Å². The summed E-state index contributed by atoms with van der Waals surface area (Å²) in [5, 5.41) is 8.07.